The summed E-state index contributed by atoms with van der Waals surface area (Å²) in [6.45, 7) is 4.87. The van der Waals surface area contributed by atoms with Gasteiger partial charge in [0, 0.05) is 13.1 Å². The van der Waals surface area contributed by atoms with Crippen molar-refractivity contribution in [2.45, 2.75) is 6.04 Å². The lowest BCUT2D eigenvalue weighted by molar-refractivity contribution is -0.146. The third kappa shape index (κ3) is 3.63. The Morgan fingerprint density at radius 1 is 1.62 bits per heavy atom. The van der Waals surface area contributed by atoms with E-state index in [9.17, 15) is 9.59 Å². The Balaban J connectivity index is 2.57. The summed E-state index contributed by atoms with van der Waals surface area (Å²) in [6, 6.07) is -0.451. The number of rotatable bonds is 5. The number of carbonyl (C=O) groups excluding carboxylic acids is 1. The molecule has 1 rings (SSSR count). The van der Waals surface area contributed by atoms with E-state index in [0.717, 1.165) is 0 Å². The Morgan fingerprint density at radius 3 is 2.88 bits per heavy atom. The third-order valence-corrected chi connectivity index (χ3v) is 2.21. The summed E-state index contributed by atoms with van der Waals surface area (Å²) in [5, 5.41) is 11.7. The van der Waals surface area contributed by atoms with Gasteiger partial charge in [-0.1, -0.05) is 6.08 Å². The van der Waals surface area contributed by atoms with Crippen molar-refractivity contribution in [2.75, 3.05) is 32.8 Å². The molecule has 1 saturated heterocycles. The molecule has 90 valence electrons. The minimum absolute atomic E-state index is 0.226. The van der Waals surface area contributed by atoms with E-state index in [1.165, 1.54) is 11.0 Å². The predicted molar refractivity (Wildman–Crippen MR) is 57.0 cm³/mol. The van der Waals surface area contributed by atoms with Crippen molar-refractivity contribution in [2.24, 2.45) is 0 Å². The molecule has 1 atom stereocenters. The molecule has 0 aromatic heterocycles. The van der Waals surface area contributed by atoms with E-state index in [-0.39, 0.29) is 25.6 Å². The molecule has 0 aromatic rings. The quantitative estimate of drug-likeness (QED) is 0.595. The van der Waals surface area contributed by atoms with Crippen LogP contribution in [0.2, 0.25) is 0 Å². The summed E-state index contributed by atoms with van der Waals surface area (Å²) in [5.74, 6) is -1.30. The summed E-state index contributed by atoms with van der Waals surface area (Å²) < 4.78 is 5.15. The highest BCUT2D eigenvalue weighted by Crippen LogP contribution is 2.00. The molecule has 6 heteroatoms. The first-order valence-corrected chi connectivity index (χ1v) is 5.07. The van der Waals surface area contributed by atoms with E-state index in [0.29, 0.717) is 13.2 Å². The van der Waals surface area contributed by atoms with E-state index in [4.69, 9.17) is 9.84 Å². The number of ether oxygens (including phenoxy) is 1. The summed E-state index contributed by atoms with van der Waals surface area (Å²) in [4.78, 5) is 23.7. The maximum atomic E-state index is 11.9. The highest BCUT2D eigenvalue weighted by atomic mass is 16.5. The Morgan fingerprint density at radius 2 is 2.38 bits per heavy atom. The molecular weight excluding hydrogens is 212 g/mol. The molecular formula is C10H16N2O4. The highest BCUT2D eigenvalue weighted by Gasteiger charge is 2.26. The Hall–Kier alpha value is -1.40. The highest BCUT2D eigenvalue weighted by molar-refractivity contribution is 5.85. The van der Waals surface area contributed by atoms with E-state index in [1.807, 2.05) is 0 Å². The number of nitrogens with one attached hydrogen (secondary N) is 1. The second kappa shape index (κ2) is 6.24. The zero-order valence-corrected chi connectivity index (χ0v) is 9.02. The van der Waals surface area contributed by atoms with Gasteiger partial charge < -0.3 is 20.1 Å². The molecule has 6 nitrogen and oxygen atoms in total. The number of nitrogens with zero attached hydrogens (tertiary/aromatic N) is 1. The summed E-state index contributed by atoms with van der Waals surface area (Å²) >= 11 is 0. The second-order valence-electron chi connectivity index (χ2n) is 3.48. The lowest BCUT2D eigenvalue weighted by Crippen LogP contribution is -2.53. The number of hydrogen-bond donors (Lipinski definition) is 2. The van der Waals surface area contributed by atoms with Gasteiger partial charge in [0.2, 0.25) is 5.91 Å². The Bertz CT molecular complexity index is 274. The molecule has 0 spiro atoms. The first-order chi connectivity index (χ1) is 7.65. The predicted octanol–water partition coefficient (Wildman–Crippen LogP) is -0.926. The van der Waals surface area contributed by atoms with Crippen LogP contribution in [0.25, 0.3) is 0 Å². The Kier molecular flexibility index (Phi) is 4.94. The van der Waals surface area contributed by atoms with E-state index in [1.54, 1.807) is 0 Å². The fourth-order valence-corrected chi connectivity index (χ4v) is 1.50. The summed E-state index contributed by atoms with van der Waals surface area (Å²) in [7, 11) is 0. The van der Waals surface area contributed by atoms with Gasteiger partial charge in [0.25, 0.3) is 0 Å². The van der Waals surface area contributed by atoms with E-state index in [2.05, 4.69) is 11.9 Å². The molecule has 1 amide bonds. The van der Waals surface area contributed by atoms with Crippen molar-refractivity contribution in [3.05, 3.63) is 12.7 Å². The van der Waals surface area contributed by atoms with Crippen LogP contribution in [0.5, 0.6) is 0 Å². The van der Waals surface area contributed by atoms with Gasteiger partial charge in [-0.15, -0.1) is 6.58 Å². The summed E-state index contributed by atoms with van der Waals surface area (Å²) in [5.41, 5.74) is 0. The van der Waals surface area contributed by atoms with Crippen molar-refractivity contribution in [3.8, 4) is 0 Å². The fraction of sp³-hybridized carbons (Fsp3) is 0.600. The molecule has 1 aliphatic heterocycles. The van der Waals surface area contributed by atoms with Crippen molar-refractivity contribution < 1.29 is 19.4 Å². The monoisotopic (exact) mass is 228 g/mol. The molecule has 0 saturated carbocycles. The van der Waals surface area contributed by atoms with Gasteiger partial charge in [-0.25, -0.2) is 0 Å². The molecule has 1 unspecified atom stereocenters. The van der Waals surface area contributed by atoms with Crippen LogP contribution in [0.1, 0.15) is 0 Å². The average Bonchev–Trinajstić information content (AvgIpc) is 2.28. The zero-order valence-electron chi connectivity index (χ0n) is 9.02. The van der Waals surface area contributed by atoms with Gasteiger partial charge in [-0.2, -0.15) is 0 Å². The van der Waals surface area contributed by atoms with Crippen molar-refractivity contribution in [1.82, 2.24) is 10.2 Å². The standard InChI is InChI=1S/C10H16N2O4/c1-2-4-12(6-9(13)14)10(15)8-7-16-5-3-11-8/h2,8,11H,1,3-7H2,(H,13,14). The number of carbonyl (C=O) groups is 2. The van der Waals surface area contributed by atoms with Crippen molar-refractivity contribution in [1.29, 1.82) is 0 Å². The second-order valence-corrected chi connectivity index (χ2v) is 3.48. The number of hydrogen-bond acceptors (Lipinski definition) is 4. The van der Waals surface area contributed by atoms with Crippen molar-refractivity contribution >= 4 is 11.9 Å². The first-order valence-electron chi connectivity index (χ1n) is 5.07. The Labute approximate surface area is 93.9 Å². The molecule has 1 heterocycles. The molecule has 1 aliphatic rings. The van der Waals surface area contributed by atoms with E-state index >= 15 is 0 Å². The number of morpholine rings is 1. The minimum atomic E-state index is -1.04. The summed E-state index contributed by atoms with van der Waals surface area (Å²) in [6.07, 6.45) is 1.50. The third-order valence-electron chi connectivity index (χ3n) is 2.21. The van der Waals surface area contributed by atoms with Crippen LogP contribution in [0.4, 0.5) is 0 Å². The normalized spacial score (nSPS) is 20.1. The number of aliphatic carboxylic acids is 1. The molecule has 0 aromatic carbocycles. The van der Waals surface area contributed by atoms with Gasteiger partial charge in [0.15, 0.2) is 0 Å². The lowest BCUT2D eigenvalue weighted by Gasteiger charge is -2.28. The van der Waals surface area contributed by atoms with Gasteiger partial charge in [0.1, 0.15) is 12.6 Å². The maximum absolute atomic E-state index is 11.9. The van der Waals surface area contributed by atoms with Crippen LogP contribution >= 0.6 is 0 Å². The molecule has 0 bridgehead atoms. The lowest BCUT2D eigenvalue weighted by atomic mass is 10.2. The first kappa shape index (κ1) is 12.7. The molecule has 0 radical (unpaired) electrons. The van der Waals surface area contributed by atoms with Gasteiger partial charge in [-0.3, -0.25) is 9.59 Å². The minimum Gasteiger partial charge on any atom is -0.480 e. The van der Waals surface area contributed by atoms with Crippen LogP contribution < -0.4 is 5.32 Å². The van der Waals surface area contributed by atoms with Crippen LogP contribution in [0.3, 0.4) is 0 Å². The van der Waals surface area contributed by atoms with Crippen LogP contribution in [0.15, 0.2) is 12.7 Å². The van der Waals surface area contributed by atoms with Crippen LogP contribution in [-0.4, -0.2) is 60.8 Å². The fourth-order valence-electron chi connectivity index (χ4n) is 1.50. The zero-order chi connectivity index (χ0) is 12.0. The number of amides is 1. The average molecular weight is 228 g/mol. The van der Waals surface area contributed by atoms with Gasteiger partial charge in [0.05, 0.1) is 13.2 Å². The molecule has 2 N–H and O–H groups in total. The van der Waals surface area contributed by atoms with Gasteiger partial charge >= 0.3 is 5.97 Å². The maximum Gasteiger partial charge on any atom is 0.323 e. The SMILES string of the molecule is C=CCN(CC(=O)O)C(=O)C1COCCN1. The largest absolute Gasteiger partial charge is 0.480 e. The molecule has 16 heavy (non-hydrogen) atoms. The number of carboxylic acids is 1. The molecule has 0 aliphatic carbocycles. The van der Waals surface area contributed by atoms with E-state index < -0.39 is 12.0 Å². The van der Waals surface area contributed by atoms with Crippen LogP contribution in [0, 0.1) is 0 Å². The van der Waals surface area contributed by atoms with Gasteiger partial charge in [-0.05, 0) is 0 Å². The smallest absolute Gasteiger partial charge is 0.323 e. The topological polar surface area (TPSA) is 78.9 Å². The van der Waals surface area contributed by atoms with Crippen LogP contribution in [-0.2, 0) is 14.3 Å². The number of carboxylic acid groups (broad SMARTS) is 1. The molecule has 1 fully saturated rings. The van der Waals surface area contributed by atoms with Crippen molar-refractivity contribution in [3.63, 3.8) is 0 Å².